The number of nitrogens with one attached hydrogen (secondary N) is 6. The fraction of sp³-hybridized carbons (Fsp3) is 0.236. The van der Waals surface area contributed by atoms with Crippen LogP contribution in [0.2, 0.25) is 0 Å². The van der Waals surface area contributed by atoms with Crippen LogP contribution in [-0.2, 0) is 6.54 Å². The van der Waals surface area contributed by atoms with Crippen LogP contribution in [0.15, 0.2) is 183 Å². The smallest absolute Gasteiger partial charge is 0.274 e. The molecule has 26 heteroatoms. The molecule has 0 bridgehead atoms. The number of aromatic nitrogens is 7. The molecule has 0 spiro atoms. The Bertz CT molecular complexity index is 4500. The quantitative estimate of drug-likeness (QED) is 0.0503. The Hall–Kier alpha value is -11.7. The predicted molar refractivity (Wildman–Crippen MR) is 377 cm³/mol. The van der Waals surface area contributed by atoms with Gasteiger partial charge in [0.2, 0.25) is 0 Å². The first-order chi connectivity index (χ1) is 47.4. The molecular weight excluding hydrogens is 1250 g/mol. The Morgan fingerprint density at radius 1 is 0.571 bits per heavy atom. The van der Waals surface area contributed by atoms with Crippen LogP contribution in [0, 0.1) is 5.82 Å². The average Bonchev–Trinajstić information content (AvgIpc) is 1.62. The summed E-state index contributed by atoms with van der Waals surface area (Å²) in [6, 6.07) is 44.7. The molecule has 25 nitrogen and oxygen atoms in total. The van der Waals surface area contributed by atoms with E-state index in [4.69, 9.17) is 15.2 Å². The number of pyridine rings is 5. The lowest BCUT2D eigenvalue weighted by Gasteiger charge is -2.33. The summed E-state index contributed by atoms with van der Waals surface area (Å²) in [6.45, 7) is 8.68. The number of piperazine rings is 2. The fourth-order valence-corrected chi connectivity index (χ4v) is 11.8. The van der Waals surface area contributed by atoms with Crippen molar-refractivity contribution in [2.24, 2.45) is 5.73 Å². The average molecular weight is 1320 g/mol. The van der Waals surface area contributed by atoms with Crippen molar-refractivity contribution in [3.05, 3.63) is 222 Å². The van der Waals surface area contributed by atoms with E-state index in [1.165, 1.54) is 25.2 Å². The summed E-state index contributed by atoms with van der Waals surface area (Å²) in [7, 11) is 2.89. The molecule has 4 aliphatic rings. The van der Waals surface area contributed by atoms with E-state index in [0.717, 1.165) is 112 Å². The van der Waals surface area contributed by atoms with Crippen molar-refractivity contribution in [3.63, 3.8) is 0 Å². The van der Waals surface area contributed by atoms with Crippen LogP contribution < -0.4 is 66.7 Å². The molecule has 3 fully saturated rings. The molecule has 4 aliphatic heterocycles. The third kappa shape index (κ3) is 15.8. The van der Waals surface area contributed by atoms with Crippen molar-refractivity contribution in [2.45, 2.75) is 32.9 Å². The van der Waals surface area contributed by atoms with Crippen LogP contribution in [0.5, 0.6) is 11.5 Å². The van der Waals surface area contributed by atoms with Crippen LogP contribution in [-0.4, -0.2) is 150 Å². The maximum absolute atomic E-state index is 14.7. The van der Waals surface area contributed by atoms with Gasteiger partial charge in [-0.05, 0) is 109 Å². The predicted octanol–water partition coefficient (Wildman–Crippen LogP) is 9.08. The molecule has 3 saturated heterocycles. The Morgan fingerprint density at radius 2 is 1.15 bits per heavy atom. The number of ether oxygens (including phenoxy) is 2. The van der Waals surface area contributed by atoms with Gasteiger partial charge in [0.1, 0.15) is 34.5 Å². The molecule has 5 amide bonds. The first-order valence-corrected chi connectivity index (χ1v) is 31.7. The molecule has 0 saturated carbocycles. The summed E-state index contributed by atoms with van der Waals surface area (Å²) in [5.74, 6) is -0.904. The Kier molecular flexibility index (Phi) is 21.9. The fourth-order valence-electron chi connectivity index (χ4n) is 11.8. The molecule has 98 heavy (non-hydrogen) atoms. The Morgan fingerprint density at radius 3 is 1.81 bits per heavy atom. The number of piperidine rings is 1. The van der Waals surface area contributed by atoms with Crippen molar-refractivity contribution in [2.75, 3.05) is 121 Å². The molecule has 6 aromatic heterocycles. The highest BCUT2D eigenvalue weighted by Gasteiger charge is 2.34. The van der Waals surface area contributed by atoms with Crippen molar-refractivity contribution >= 4 is 86.2 Å². The number of amides is 5. The zero-order valence-electron chi connectivity index (χ0n) is 53.3. The van der Waals surface area contributed by atoms with Gasteiger partial charge in [-0.3, -0.25) is 38.8 Å². The number of benzene rings is 4. The van der Waals surface area contributed by atoms with Crippen LogP contribution >= 0.6 is 0 Å². The normalized spacial score (nSPS) is 14.9. The van der Waals surface area contributed by atoms with Gasteiger partial charge in [0.25, 0.3) is 29.5 Å². The summed E-state index contributed by atoms with van der Waals surface area (Å²) >= 11 is 0. The highest BCUT2D eigenvalue weighted by Crippen LogP contribution is 2.35. The molecule has 14 rings (SSSR count). The second-order valence-corrected chi connectivity index (χ2v) is 23.0. The topological polar surface area (TPSA) is 297 Å². The van der Waals surface area contributed by atoms with Gasteiger partial charge in [-0.1, -0.05) is 68.1 Å². The van der Waals surface area contributed by atoms with Crippen LogP contribution in [0.25, 0.3) is 16.7 Å². The molecular formula is C72H75FN18O7. The SMILES string of the molecule is C.COc1ccc2c(c1F)C(=O)N(c1cccc(C(=O)Nc3cnccc3N3CCNCC3)n1)C2.COc1cccc(C(=O)Nc2cccc(C(=O)Nc3cnccc3N3CCNCC3)n2)c1.N[C@@H]1CCCN(c2ccccc2NC(=O)c2cccc(-n3ncc4ccccc43)n2)C1. The van der Waals surface area contributed by atoms with Gasteiger partial charge in [0.15, 0.2) is 17.4 Å². The number of hydrogen-bond acceptors (Lipinski definition) is 19. The number of fused-ring (bicyclic) bond motifs is 2. The first-order valence-electron chi connectivity index (χ1n) is 31.7. The molecule has 0 unspecified atom stereocenters. The summed E-state index contributed by atoms with van der Waals surface area (Å²) < 4.78 is 26.6. The molecule has 10 aromatic rings. The highest BCUT2D eigenvalue weighted by molar-refractivity contribution is 6.11. The van der Waals surface area contributed by atoms with Crippen LogP contribution in [0.4, 0.5) is 50.2 Å². The van der Waals surface area contributed by atoms with E-state index in [1.54, 1.807) is 108 Å². The van der Waals surface area contributed by atoms with E-state index in [9.17, 15) is 28.4 Å². The maximum Gasteiger partial charge on any atom is 0.274 e. The number of rotatable bonds is 15. The lowest BCUT2D eigenvalue weighted by molar-refractivity contribution is 0.0985. The second kappa shape index (κ2) is 31.7. The van der Waals surface area contributed by atoms with E-state index in [0.29, 0.717) is 39.8 Å². The minimum absolute atomic E-state index is 0. The molecule has 8 N–H and O–H groups in total. The van der Waals surface area contributed by atoms with Gasteiger partial charge in [0.05, 0.1) is 84.6 Å². The third-order valence-corrected chi connectivity index (χ3v) is 16.6. The molecule has 0 aliphatic carbocycles. The van der Waals surface area contributed by atoms with Gasteiger partial charge in [-0.2, -0.15) is 5.10 Å². The number of hydrogen-bond donors (Lipinski definition) is 7. The first kappa shape index (κ1) is 67.7. The summed E-state index contributed by atoms with van der Waals surface area (Å²) in [5.41, 5.74) is 13.4. The Balaban J connectivity index is 0.000000148. The lowest BCUT2D eigenvalue weighted by atomic mass is 10.1. The van der Waals surface area contributed by atoms with E-state index in [-0.39, 0.29) is 72.1 Å². The standard InChI is InChI=1S/C24H23FN6O3.C24H24N6O.C23H24N6O3.CH4/c1-34-19-6-5-15-14-31(24(33)21(15)22(19)25)20-4-2-3-16(28-20)23(32)29-17-13-27-8-7-18(17)30-11-9-26-10-12-30;25-18-8-6-14-29(16-18)22-12-4-2-9-19(22)28-24(31)20-10-5-13-23(27-20)30-21-11-3-1-7-17(21)15-26-30;1-32-17-5-2-4-16(14-17)22(30)28-21-7-3-6-18(26-21)23(31)27-19-15-25-9-8-20(19)29-12-10-24-11-13-29;/h2-8,13,26H,9-12,14H2,1H3,(H,29,32);1-5,7,9-13,15,18H,6,8,14,16,25H2,(H,28,31);2-9,14-15,24H,10-13H2,1H3,(H,27,31)(H,26,28,30);1H4/t;18-;;/m.1../s1. The maximum atomic E-state index is 14.7. The lowest BCUT2D eigenvalue weighted by Crippen LogP contribution is -2.43. The van der Waals surface area contributed by atoms with E-state index in [1.807, 2.05) is 72.8 Å². The van der Waals surface area contributed by atoms with E-state index >= 15 is 0 Å². The number of nitrogens with zero attached hydrogens (tertiary/aromatic N) is 11. The number of anilines is 8. The van der Waals surface area contributed by atoms with Crippen molar-refractivity contribution in [1.29, 1.82) is 0 Å². The monoisotopic (exact) mass is 1320 g/mol. The van der Waals surface area contributed by atoms with Crippen molar-refractivity contribution in [1.82, 2.24) is 45.3 Å². The number of para-hydroxylation sites is 3. The molecule has 10 heterocycles. The number of halogens is 1. The minimum Gasteiger partial charge on any atom is -0.497 e. The van der Waals surface area contributed by atoms with Gasteiger partial charge in [-0.25, -0.2) is 24.0 Å². The van der Waals surface area contributed by atoms with Crippen molar-refractivity contribution < 1.29 is 37.8 Å². The molecule has 502 valence electrons. The minimum atomic E-state index is -0.696. The summed E-state index contributed by atoms with van der Waals surface area (Å²) in [4.78, 5) is 94.0. The third-order valence-electron chi connectivity index (χ3n) is 16.6. The number of carbonyl (C=O) groups excluding carboxylic acids is 5. The van der Waals surface area contributed by atoms with Gasteiger partial charge in [0, 0.05) is 94.8 Å². The molecule has 1 atom stereocenters. The molecule has 0 radical (unpaired) electrons. The largest absolute Gasteiger partial charge is 0.497 e. The zero-order valence-corrected chi connectivity index (χ0v) is 53.3. The number of nitrogens with two attached hydrogens (primary N) is 1. The zero-order chi connectivity index (χ0) is 67.2. The van der Waals surface area contributed by atoms with Gasteiger partial charge in [-0.15, -0.1) is 0 Å². The highest BCUT2D eigenvalue weighted by atomic mass is 19.1. The summed E-state index contributed by atoms with van der Waals surface area (Å²) in [6.07, 6.45) is 10.5. The molecule has 4 aromatic carbocycles. The van der Waals surface area contributed by atoms with Gasteiger partial charge >= 0.3 is 0 Å². The number of carbonyl (C=O) groups is 5. The van der Waals surface area contributed by atoms with Gasteiger partial charge < -0.3 is 61.8 Å². The summed E-state index contributed by atoms with van der Waals surface area (Å²) in [5, 5.41) is 23.6. The van der Waals surface area contributed by atoms with E-state index < -0.39 is 17.6 Å². The second-order valence-electron chi connectivity index (χ2n) is 23.0. The van der Waals surface area contributed by atoms with Crippen LogP contribution in [0.1, 0.15) is 78.0 Å². The van der Waals surface area contributed by atoms with E-state index in [2.05, 4.69) is 76.6 Å². The Labute approximate surface area is 565 Å². The van der Waals surface area contributed by atoms with Crippen molar-refractivity contribution in [3.8, 4) is 17.3 Å². The van der Waals surface area contributed by atoms with Crippen LogP contribution in [0.3, 0.4) is 0 Å². The number of methoxy groups -OCH3 is 2.